The van der Waals surface area contributed by atoms with E-state index in [1.165, 1.54) is 7.11 Å². The van der Waals surface area contributed by atoms with Crippen LogP contribution in [0.25, 0.3) is 23.3 Å². The Bertz CT molecular complexity index is 965. The van der Waals surface area contributed by atoms with Gasteiger partial charge in [0.2, 0.25) is 5.78 Å². The summed E-state index contributed by atoms with van der Waals surface area (Å²) in [7, 11) is 3.18. The van der Waals surface area contributed by atoms with E-state index >= 15 is 0 Å². The van der Waals surface area contributed by atoms with Crippen molar-refractivity contribution in [1.82, 2.24) is 0 Å². The van der Waals surface area contributed by atoms with Crippen molar-refractivity contribution in [3.05, 3.63) is 63.7 Å². The van der Waals surface area contributed by atoms with Crippen LogP contribution in [0.4, 0.5) is 0 Å². The summed E-state index contributed by atoms with van der Waals surface area (Å²) < 4.78 is 10.5. The van der Waals surface area contributed by atoms with E-state index in [9.17, 15) is 4.79 Å². The Labute approximate surface area is 127 Å². The molecule has 3 nitrogen and oxygen atoms in total. The van der Waals surface area contributed by atoms with Crippen molar-refractivity contribution >= 4 is 17.9 Å². The van der Waals surface area contributed by atoms with Gasteiger partial charge in [0.05, 0.1) is 14.2 Å². The van der Waals surface area contributed by atoms with Crippen LogP contribution in [0.5, 0.6) is 5.75 Å². The van der Waals surface area contributed by atoms with E-state index in [-0.39, 0.29) is 5.78 Å². The Morgan fingerprint density at radius 3 is 2.45 bits per heavy atom. The maximum absolute atomic E-state index is 12.7. The molecule has 108 valence electrons. The van der Waals surface area contributed by atoms with Crippen molar-refractivity contribution < 1.29 is 14.3 Å². The maximum atomic E-state index is 12.7. The van der Waals surface area contributed by atoms with Crippen molar-refractivity contribution in [2.45, 2.75) is 0 Å². The van der Waals surface area contributed by atoms with Gasteiger partial charge in [0.1, 0.15) is 5.75 Å². The van der Waals surface area contributed by atoms with Crippen LogP contribution in [-0.4, -0.2) is 20.0 Å². The molecule has 0 aliphatic heterocycles. The van der Waals surface area contributed by atoms with Gasteiger partial charge >= 0.3 is 0 Å². The molecule has 0 amide bonds. The molecule has 0 spiro atoms. The SMILES string of the molecule is COC1=CC=c2ccc3c(c2C1=O)-c1ccc(OC)cc1C=3. The zero-order chi connectivity index (χ0) is 15.3. The van der Waals surface area contributed by atoms with Crippen LogP contribution in [0.15, 0.2) is 42.2 Å². The lowest BCUT2D eigenvalue weighted by atomic mass is 9.92. The van der Waals surface area contributed by atoms with Crippen LogP contribution >= 0.6 is 0 Å². The van der Waals surface area contributed by atoms with E-state index in [0.29, 0.717) is 5.76 Å². The third kappa shape index (κ3) is 1.65. The largest absolute Gasteiger partial charge is 0.497 e. The summed E-state index contributed by atoms with van der Waals surface area (Å²) >= 11 is 0. The predicted octanol–water partition coefficient (Wildman–Crippen LogP) is 2.01. The van der Waals surface area contributed by atoms with Crippen LogP contribution < -0.4 is 15.2 Å². The minimum absolute atomic E-state index is 0.0612. The second-order valence-electron chi connectivity index (χ2n) is 5.32. The van der Waals surface area contributed by atoms with E-state index in [0.717, 1.165) is 38.4 Å². The van der Waals surface area contributed by atoms with Crippen molar-refractivity contribution in [1.29, 1.82) is 0 Å². The fraction of sp³-hybridized carbons (Fsp3) is 0.105. The molecule has 0 N–H and O–H groups in total. The van der Waals surface area contributed by atoms with Crippen LogP contribution in [-0.2, 0) is 4.74 Å². The fourth-order valence-corrected chi connectivity index (χ4v) is 3.14. The van der Waals surface area contributed by atoms with Crippen molar-refractivity contribution in [2.24, 2.45) is 0 Å². The van der Waals surface area contributed by atoms with Gasteiger partial charge in [-0.15, -0.1) is 0 Å². The molecule has 0 heterocycles. The van der Waals surface area contributed by atoms with Gasteiger partial charge in [-0.25, -0.2) is 0 Å². The van der Waals surface area contributed by atoms with Crippen LogP contribution in [0.1, 0.15) is 15.9 Å². The summed E-state index contributed by atoms with van der Waals surface area (Å²) in [6.07, 6.45) is 5.74. The summed E-state index contributed by atoms with van der Waals surface area (Å²) in [6.45, 7) is 0. The average Bonchev–Trinajstić information content (AvgIpc) is 2.92. The van der Waals surface area contributed by atoms with E-state index in [1.54, 1.807) is 13.2 Å². The molecule has 0 aromatic heterocycles. The minimum atomic E-state index is -0.0612. The van der Waals surface area contributed by atoms with Crippen molar-refractivity contribution in [3.8, 4) is 16.9 Å². The Balaban J connectivity index is 2.03. The molecule has 3 heteroatoms. The van der Waals surface area contributed by atoms with Crippen molar-refractivity contribution in [3.63, 3.8) is 0 Å². The maximum Gasteiger partial charge on any atom is 0.228 e. The average molecular weight is 290 g/mol. The number of hydrogen-bond acceptors (Lipinski definition) is 3. The number of ether oxygens (including phenoxy) is 2. The number of benzene rings is 2. The number of carbonyl (C=O) groups excluding carboxylic acids is 1. The smallest absolute Gasteiger partial charge is 0.228 e. The quantitative estimate of drug-likeness (QED) is 0.724. The Morgan fingerprint density at radius 2 is 1.68 bits per heavy atom. The normalized spacial score (nSPS) is 14.1. The first-order valence-corrected chi connectivity index (χ1v) is 7.07. The number of methoxy groups -OCH3 is 2. The van der Waals surface area contributed by atoms with E-state index in [2.05, 4.69) is 12.1 Å². The molecule has 2 aromatic carbocycles. The first-order chi connectivity index (χ1) is 10.7. The molecule has 2 aliphatic carbocycles. The molecule has 0 atom stereocenters. The van der Waals surface area contributed by atoms with Crippen LogP contribution in [0.3, 0.4) is 0 Å². The lowest BCUT2D eigenvalue weighted by Gasteiger charge is -2.14. The summed E-state index contributed by atoms with van der Waals surface area (Å²) in [5, 5.41) is 1.99. The zero-order valence-corrected chi connectivity index (χ0v) is 12.3. The second-order valence-corrected chi connectivity index (χ2v) is 5.32. The molecule has 22 heavy (non-hydrogen) atoms. The molecule has 0 fully saturated rings. The van der Waals surface area contributed by atoms with Crippen molar-refractivity contribution in [2.75, 3.05) is 14.2 Å². The lowest BCUT2D eigenvalue weighted by Crippen LogP contribution is -2.25. The second kappa shape index (κ2) is 4.60. The molecular weight excluding hydrogens is 276 g/mol. The number of fused-ring (bicyclic) bond motifs is 5. The summed E-state index contributed by atoms with van der Waals surface area (Å²) in [4.78, 5) is 12.7. The Hall–Kier alpha value is -2.81. The van der Waals surface area contributed by atoms with Gasteiger partial charge in [0.15, 0.2) is 5.76 Å². The van der Waals surface area contributed by atoms with Gasteiger partial charge < -0.3 is 9.47 Å². The number of rotatable bonds is 2. The van der Waals surface area contributed by atoms with E-state index < -0.39 is 0 Å². The van der Waals surface area contributed by atoms with Crippen LogP contribution in [0.2, 0.25) is 0 Å². The zero-order valence-electron chi connectivity index (χ0n) is 12.3. The fourth-order valence-electron chi connectivity index (χ4n) is 3.14. The molecule has 2 aliphatic rings. The molecule has 4 rings (SSSR count). The first-order valence-electron chi connectivity index (χ1n) is 7.07. The molecule has 0 saturated carbocycles. The highest BCUT2D eigenvalue weighted by Crippen LogP contribution is 2.32. The van der Waals surface area contributed by atoms with Gasteiger partial charge in [-0.1, -0.05) is 24.3 Å². The third-order valence-corrected chi connectivity index (χ3v) is 4.19. The molecule has 0 unspecified atom stereocenters. The predicted molar refractivity (Wildman–Crippen MR) is 85.1 cm³/mol. The topological polar surface area (TPSA) is 35.5 Å². The highest BCUT2D eigenvalue weighted by atomic mass is 16.5. The highest BCUT2D eigenvalue weighted by molar-refractivity contribution is 6.14. The van der Waals surface area contributed by atoms with E-state index in [1.807, 2.05) is 30.3 Å². The van der Waals surface area contributed by atoms with Gasteiger partial charge in [-0.05, 0) is 45.8 Å². The number of Topliss-reactive ketones (excluding diaryl/α,β-unsaturated/α-hetero) is 1. The van der Waals surface area contributed by atoms with Gasteiger partial charge in [0.25, 0.3) is 0 Å². The Morgan fingerprint density at radius 1 is 0.864 bits per heavy atom. The monoisotopic (exact) mass is 290 g/mol. The molecule has 0 saturated heterocycles. The molecular formula is C19H14O3. The van der Waals surface area contributed by atoms with Gasteiger partial charge in [0, 0.05) is 11.1 Å². The van der Waals surface area contributed by atoms with E-state index in [4.69, 9.17) is 9.47 Å². The number of carbonyl (C=O) groups is 1. The molecule has 0 radical (unpaired) electrons. The summed E-state index contributed by atoms with van der Waals surface area (Å²) in [5.41, 5.74) is 3.84. The number of ketones is 1. The standard InChI is InChI=1S/C19H14O3/c1-21-14-6-7-15-13(10-14)9-12-4-3-11-5-8-16(22-2)19(20)18(11)17(12)15/h3-10H,1-2H3. The third-order valence-electron chi connectivity index (χ3n) is 4.19. The summed E-state index contributed by atoms with van der Waals surface area (Å²) in [5.74, 6) is 1.13. The Kier molecular flexibility index (Phi) is 2.70. The van der Waals surface area contributed by atoms with Gasteiger partial charge in [-0.3, -0.25) is 4.79 Å². The number of allylic oxidation sites excluding steroid dienone is 2. The molecule has 2 aromatic rings. The number of hydrogen-bond donors (Lipinski definition) is 0. The summed E-state index contributed by atoms with van der Waals surface area (Å²) in [6, 6.07) is 9.95. The molecule has 0 bridgehead atoms. The van der Waals surface area contributed by atoms with Gasteiger partial charge in [-0.2, -0.15) is 0 Å². The highest BCUT2D eigenvalue weighted by Gasteiger charge is 2.25. The van der Waals surface area contributed by atoms with Crippen LogP contribution in [0, 0.1) is 0 Å². The lowest BCUT2D eigenvalue weighted by molar-refractivity contribution is 0.0952. The first kappa shape index (κ1) is 12.9. The minimum Gasteiger partial charge on any atom is -0.497 e.